The molecule has 0 fully saturated rings. The van der Waals surface area contributed by atoms with E-state index < -0.39 is 6.04 Å². The van der Waals surface area contributed by atoms with Crippen LogP contribution in [0.3, 0.4) is 0 Å². The van der Waals surface area contributed by atoms with Crippen LogP contribution in [-0.4, -0.2) is 23.3 Å². The zero-order chi connectivity index (χ0) is 13.7. The number of esters is 1. The number of carbonyl (C=O) groups excluding carboxylic acids is 1. The Kier molecular flexibility index (Phi) is 4.25. The van der Waals surface area contributed by atoms with Crippen LogP contribution in [-0.2, 0) is 16.1 Å². The SMILES string of the molecule is COC(=O)C(NCc1nnc(C)o1)c1ccccc1. The Morgan fingerprint density at radius 3 is 2.68 bits per heavy atom. The topological polar surface area (TPSA) is 77.2 Å². The Labute approximate surface area is 110 Å². The molecule has 100 valence electrons. The van der Waals surface area contributed by atoms with Crippen LogP contribution in [0.25, 0.3) is 0 Å². The molecule has 2 rings (SSSR count). The van der Waals surface area contributed by atoms with Gasteiger partial charge in [0.05, 0.1) is 13.7 Å². The Balaban J connectivity index is 2.09. The van der Waals surface area contributed by atoms with Gasteiger partial charge in [0.1, 0.15) is 6.04 Å². The number of nitrogens with zero attached hydrogens (tertiary/aromatic N) is 2. The van der Waals surface area contributed by atoms with E-state index in [4.69, 9.17) is 9.15 Å². The number of rotatable bonds is 5. The fourth-order valence-electron chi connectivity index (χ4n) is 1.70. The fraction of sp³-hybridized carbons (Fsp3) is 0.308. The first kappa shape index (κ1) is 13.2. The number of hydrogen-bond acceptors (Lipinski definition) is 6. The summed E-state index contributed by atoms with van der Waals surface area (Å²) in [5.41, 5.74) is 0.825. The Hall–Kier alpha value is -2.21. The summed E-state index contributed by atoms with van der Waals surface area (Å²) in [6.07, 6.45) is 0. The zero-order valence-electron chi connectivity index (χ0n) is 10.8. The third-order valence-corrected chi connectivity index (χ3v) is 2.60. The average molecular weight is 261 g/mol. The molecule has 0 radical (unpaired) electrons. The molecule has 1 heterocycles. The second-order valence-electron chi connectivity index (χ2n) is 3.96. The Bertz CT molecular complexity index is 539. The number of ether oxygens (including phenoxy) is 1. The Morgan fingerprint density at radius 2 is 2.11 bits per heavy atom. The van der Waals surface area contributed by atoms with Crippen molar-refractivity contribution in [3.63, 3.8) is 0 Å². The lowest BCUT2D eigenvalue weighted by Gasteiger charge is -2.15. The molecule has 1 aromatic carbocycles. The number of methoxy groups -OCH3 is 1. The maximum absolute atomic E-state index is 11.8. The van der Waals surface area contributed by atoms with Gasteiger partial charge in [-0.05, 0) is 5.56 Å². The summed E-state index contributed by atoms with van der Waals surface area (Å²) in [5, 5.41) is 10.6. The van der Waals surface area contributed by atoms with Gasteiger partial charge in [-0.3, -0.25) is 5.32 Å². The number of aromatic nitrogens is 2. The average Bonchev–Trinajstić information content (AvgIpc) is 2.85. The minimum absolute atomic E-state index is 0.301. The van der Waals surface area contributed by atoms with E-state index in [0.29, 0.717) is 18.3 Å². The number of benzene rings is 1. The van der Waals surface area contributed by atoms with Gasteiger partial charge in [-0.1, -0.05) is 30.3 Å². The molecular formula is C13H15N3O3. The van der Waals surface area contributed by atoms with Gasteiger partial charge < -0.3 is 9.15 Å². The molecule has 0 aliphatic heterocycles. The minimum atomic E-state index is -0.557. The highest BCUT2D eigenvalue weighted by molar-refractivity contribution is 5.77. The van der Waals surface area contributed by atoms with E-state index >= 15 is 0 Å². The summed E-state index contributed by atoms with van der Waals surface area (Å²) < 4.78 is 10.0. The summed E-state index contributed by atoms with van der Waals surface area (Å²) in [7, 11) is 1.36. The van der Waals surface area contributed by atoms with Gasteiger partial charge in [0.15, 0.2) is 0 Å². The summed E-state index contributed by atoms with van der Waals surface area (Å²) in [6, 6.07) is 8.77. The van der Waals surface area contributed by atoms with Gasteiger partial charge in [-0.25, -0.2) is 4.79 Å². The first-order valence-electron chi connectivity index (χ1n) is 5.86. The quantitative estimate of drug-likeness (QED) is 0.819. The van der Waals surface area contributed by atoms with Crippen molar-refractivity contribution in [1.82, 2.24) is 15.5 Å². The zero-order valence-corrected chi connectivity index (χ0v) is 10.8. The molecule has 0 aliphatic rings. The molecule has 1 aromatic heterocycles. The van der Waals surface area contributed by atoms with Gasteiger partial charge in [-0.15, -0.1) is 10.2 Å². The van der Waals surface area contributed by atoms with Crippen LogP contribution in [0.4, 0.5) is 0 Å². The first-order chi connectivity index (χ1) is 9.20. The summed E-state index contributed by atoms with van der Waals surface area (Å²) in [4.78, 5) is 11.8. The molecule has 0 spiro atoms. The fourth-order valence-corrected chi connectivity index (χ4v) is 1.70. The predicted molar refractivity (Wildman–Crippen MR) is 67.1 cm³/mol. The second-order valence-corrected chi connectivity index (χ2v) is 3.96. The van der Waals surface area contributed by atoms with Crippen molar-refractivity contribution in [2.24, 2.45) is 0 Å². The van der Waals surface area contributed by atoms with E-state index in [2.05, 4.69) is 15.5 Å². The third-order valence-electron chi connectivity index (χ3n) is 2.60. The highest BCUT2D eigenvalue weighted by Crippen LogP contribution is 2.14. The first-order valence-corrected chi connectivity index (χ1v) is 5.86. The second kappa shape index (κ2) is 6.10. The molecule has 1 atom stereocenters. The molecule has 1 unspecified atom stereocenters. The lowest BCUT2D eigenvalue weighted by Crippen LogP contribution is -2.29. The van der Waals surface area contributed by atoms with E-state index in [1.165, 1.54) is 7.11 Å². The van der Waals surface area contributed by atoms with E-state index in [-0.39, 0.29) is 5.97 Å². The lowest BCUT2D eigenvalue weighted by molar-refractivity contribution is -0.143. The smallest absolute Gasteiger partial charge is 0.327 e. The molecule has 6 nitrogen and oxygen atoms in total. The molecule has 1 N–H and O–H groups in total. The van der Waals surface area contributed by atoms with Crippen LogP contribution in [0.5, 0.6) is 0 Å². The number of aryl methyl sites for hydroxylation is 1. The van der Waals surface area contributed by atoms with Gasteiger partial charge in [0, 0.05) is 6.92 Å². The minimum Gasteiger partial charge on any atom is -0.468 e. The van der Waals surface area contributed by atoms with Crippen molar-refractivity contribution in [2.45, 2.75) is 19.5 Å². The maximum Gasteiger partial charge on any atom is 0.327 e. The number of hydrogen-bond donors (Lipinski definition) is 1. The number of nitrogens with one attached hydrogen (secondary N) is 1. The van der Waals surface area contributed by atoms with Gasteiger partial charge in [0.2, 0.25) is 11.8 Å². The molecular weight excluding hydrogens is 246 g/mol. The summed E-state index contributed by atoms with van der Waals surface area (Å²) in [6.45, 7) is 2.01. The monoisotopic (exact) mass is 261 g/mol. The summed E-state index contributed by atoms with van der Waals surface area (Å²) in [5.74, 6) is 0.566. The Morgan fingerprint density at radius 1 is 1.37 bits per heavy atom. The van der Waals surface area contributed by atoms with Crippen molar-refractivity contribution < 1.29 is 13.9 Å². The predicted octanol–water partition coefficient (Wildman–Crippen LogP) is 1.38. The highest BCUT2D eigenvalue weighted by atomic mass is 16.5. The molecule has 19 heavy (non-hydrogen) atoms. The van der Waals surface area contributed by atoms with Gasteiger partial charge >= 0.3 is 5.97 Å². The molecule has 2 aromatic rings. The molecule has 6 heteroatoms. The maximum atomic E-state index is 11.8. The summed E-state index contributed by atoms with van der Waals surface area (Å²) >= 11 is 0. The van der Waals surface area contributed by atoms with Crippen molar-refractivity contribution in [3.8, 4) is 0 Å². The van der Waals surface area contributed by atoms with E-state index in [9.17, 15) is 4.79 Å². The van der Waals surface area contributed by atoms with E-state index in [0.717, 1.165) is 5.56 Å². The highest BCUT2D eigenvalue weighted by Gasteiger charge is 2.21. The molecule has 0 saturated carbocycles. The van der Waals surface area contributed by atoms with Crippen molar-refractivity contribution in [2.75, 3.05) is 7.11 Å². The van der Waals surface area contributed by atoms with Crippen LogP contribution in [0.15, 0.2) is 34.7 Å². The standard InChI is InChI=1S/C13H15N3O3/c1-9-15-16-11(19-9)8-14-12(13(17)18-2)10-6-4-3-5-7-10/h3-7,12,14H,8H2,1-2H3. The van der Waals surface area contributed by atoms with Crippen molar-refractivity contribution in [3.05, 3.63) is 47.7 Å². The van der Waals surface area contributed by atoms with Crippen molar-refractivity contribution >= 4 is 5.97 Å². The van der Waals surface area contributed by atoms with E-state index in [1.807, 2.05) is 30.3 Å². The molecule has 0 bridgehead atoms. The van der Waals surface area contributed by atoms with Gasteiger partial charge in [0.25, 0.3) is 0 Å². The van der Waals surface area contributed by atoms with E-state index in [1.54, 1.807) is 6.92 Å². The number of carbonyl (C=O) groups is 1. The molecule has 0 aliphatic carbocycles. The van der Waals surface area contributed by atoms with Gasteiger partial charge in [-0.2, -0.15) is 0 Å². The van der Waals surface area contributed by atoms with Crippen LogP contribution in [0.2, 0.25) is 0 Å². The third kappa shape index (κ3) is 3.38. The van der Waals surface area contributed by atoms with Crippen LogP contribution < -0.4 is 5.32 Å². The van der Waals surface area contributed by atoms with Crippen LogP contribution >= 0.6 is 0 Å². The van der Waals surface area contributed by atoms with Crippen LogP contribution in [0, 0.1) is 6.92 Å². The molecule has 0 amide bonds. The largest absolute Gasteiger partial charge is 0.468 e. The van der Waals surface area contributed by atoms with Crippen LogP contribution in [0.1, 0.15) is 23.4 Å². The normalized spacial score (nSPS) is 12.1. The van der Waals surface area contributed by atoms with Crippen molar-refractivity contribution in [1.29, 1.82) is 0 Å². The molecule has 0 saturated heterocycles. The lowest BCUT2D eigenvalue weighted by atomic mass is 10.1.